The Kier molecular flexibility index (Phi) is 7.20. The van der Waals surface area contributed by atoms with Crippen molar-refractivity contribution in [3.63, 3.8) is 0 Å². The van der Waals surface area contributed by atoms with E-state index >= 15 is 0 Å². The number of rotatable bonds is 8. The van der Waals surface area contributed by atoms with Gasteiger partial charge in [-0.15, -0.1) is 0 Å². The third-order valence-corrected chi connectivity index (χ3v) is 3.58. The molecule has 0 radical (unpaired) electrons. The van der Waals surface area contributed by atoms with Gasteiger partial charge in [0.25, 0.3) is 0 Å². The molecule has 1 aromatic carbocycles. The minimum absolute atomic E-state index is 0.833. The summed E-state index contributed by atoms with van der Waals surface area (Å²) in [5, 5.41) is 3.16. The second kappa shape index (κ2) is 8.40. The van der Waals surface area contributed by atoms with Crippen LogP contribution in [0.25, 0.3) is 0 Å². The lowest BCUT2D eigenvalue weighted by Gasteiger charge is -2.19. The Morgan fingerprint density at radius 1 is 1.21 bits per heavy atom. The smallest absolute Gasteiger partial charge is 0.133 e. The molecule has 1 aromatic rings. The van der Waals surface area contributed by atoms with Gasteiger partial charge in [-0.05, 0) is 61.7 Å². The van der Waals surface area contributed by atoms with Gasteiger partial charge in [0.2, 0.25) is 0 Å². The SMILES string of the molecule is CNCCCN(C)Cc1cc(OC)c(Br)cc1OC. The van der Waals surface area contributed by atoms with Gasteiger partial charge < -0.3 is 19.7 Å². The van der Waals surface area contributed by atoms with Crippen molar-refractivity contribution in [2.24, 2.45) is 0 Å². The molecule has 1 rings (SSSR count). The lowest BCUT2D eigenvalue weighted by atomic mass is 10.1. The molecule has 0 saturated carbocycles. The van der Waals surface area contributed by atoms with Crippen molar-refractivity contribution in [3.05, 3.63) is 22.2 Å². The van der Waals surface area contributed by atoms with E-state index in [1.54, 1.807) is 14.2 Å². The highest BCUT2D eigenvalue weighted by Crippen LogP contribution is 2.33. The van der Waals surface area contributed by atoms with Crippen molar-refractivity contribution < 1.29 is 9.47 Å². The first-order valence-corrected chi connectivity index (χ1v) is 7.15. The molecule has 0 bridgehead atoms. The van der Waals surface area contributed by atoms with Crippen molar-refractivity contribution in [2.45, 2.75) is 13.0 Å². The van der Waals surface area contributed by atoms with Crippen LogP contribution in [0.1, 0.15) is 12.0 Å². The minimum Gasteiger partial charge on any atom is -0.496 e. The van der Waals surface area contributed by atoms with Gasteiger partial charge in [-0.2, -0.15) is 0 Å². The van der Waals surface area contributed by atoms with Gasteiger partial charge in [-0.25, -0.2) is 0 Å². The van der Waals surface area contributed by atoms with Gasteiger partial charge in [-0.1, -0.05) is 0 Å². The summed E-state index contributed by atoms with van der Waals surface area (Å²) in [5.74, 6) is 1.72. The van der Waals surface area contributed by atoms with Crippen molar-refractivity contribution in [1.82, 2.24) is 10.2 Å². The van der Waals surface area contributed by atoms with Crippen LogP contribution in [0, 0.1) is 0 Å². The molecule has 0 amide bonds. The molecule has 0 heterocycles. The standard InChI is InChI=1S/C14H23BrN2O2/c1-16-6-5-7-17(2)10-11-8-14(19-4)12(15)9-13(11)18-3/h8-9,16H,5-7,10H2,1-4H3. The molecule has 0 unspecified atom stereocenters. The van der Waals surface area contributed by atoms with Crippen LogP contribution in [0.5, 0.6) is 11.5 Å². The Labute approximate surface area is 124 Å². The lowest BCUT2D eigenvalue weighted by Crippen LogP contribution is -2.22. The molecule has 1 N–H and O–H groups in total. The van der Waals surface area contributed by atoms with Crippen LogP contribution in [0.2, 0.25) is 0 Å². The van der Waals surface area contributed by atoms with Gasteiger partial charge in [0.15, 0.2) is 0 Å². The van der Waals surface area contributed by atoms with Crippen molar-refractivity contribution >= 4 is 15.9 Å². The highest BCUT2D eigenvalue weighted by Gasteiger charge is 2.11. The van der Waals surface area contributed by atoms with Crippen LogP contribution in [0.4, 0.5) is 0 Å². The van der Waals surface area contributed by atoms with Crippen LogP contribution < -0.4 is 14.8 Å². The molecule has 5 heteroatoms. The van der Waals surface area contributed by atoms with Crippen LogP contribution in [-0.2, 0) is 6.54 Å². The zero-order chi connectivity index (χ0) is 14.3. The van der Waals surface area contributed by atoms with E-state index < -0.39 is 0 Å². The fourth-order valence-electron chi connectivity index (χ4n) is 1.94. The van der Waals surface area contributed by atoms with Crippen molar-refractivity contribution in [1.29, 1.82) is 0 Å². The van der Waals surface area contributed by atoms with Crippen molar-refractivity contribution in [3.8, 4) is 11.5 Å². The average molecular weight is 331 g/mol. The largest absolute Gasteiger partial charge is 0.496 e. The second-order valence-electron chi connectivity index (χ2n) is 4.49. The average Bonchev–Trinajstić information content (AvgIpc) is 2.40. The van der Waals surface area contributed by atoms with Gasteiger partial charge in [0.1, 0.15) is 11.5 Å². The van der Waals surface area contributed by atoms with E-state index in [1.165, 1.54) is 0 Å². The summed E-state index contributed by atoms with van der Waals surface area (Å²) >= 11 is 3.47. The third-order valence-electron chi connectivity index (χ3n) is 2.96. The van der Waals surface area contributed by atoms with Gasteiger partial charge in [0, 0.05) is 12.1 Å². The maximum absolute atomic E-state index is 5.43. The zero-order valence-corrected chi connectivity index (χ0v) is 13.7. The predicted octanol–water partition coefficient (Wildman–Crippen LogP) is 2.51. The van der Waals surface area contributed by atoms with Crippen LogP contribution in [0.15, 0.2) is 16.6 Å². The van der Waals surface area contributed by atoms with Crippen LogP contribution in [0.3, 0.4) is 0 Å². The normalized spacial score (nSPS) is 10.8. The summed E-state index contributed by atoms with van der Waals surface area (Å²) in [7, 11) is 7.46. The third kappa shape index (κ3) is 5.01. The first kappa shape index (κ1) is 16.3. The Balaban J connectivity index is 2.75. The minimum atomic E-state index is 0.833. The molecule has 0 aliphatic heterocycles. The number of hydrogen-bond acceptors (Lipinski definition) is 4. The molecule has 0 aromatic heterocycles. The summed E-state index contributed by atoms with van der Waals surface area (Å²) < 4.78 is 11.7. The summed E-state index contributed by atoms with van der Waals surface area (Å²) in [6, 6.07) is 3.98. The Morgan fingerprint density at radius 2 is 1.89 bits per heavy atom. The molecule has 0 atom stereocenters. The van der Waals surface area contributed by atoms with E-state index in [1.807, 2.05) is 19.2 Å². The highest BCUT2D eigenvalue weighted by molar-refractivity contribution is 9.10. The molecule has 4 nitrogen and oxygen atoms in total. The molecule has 108 valence electrons. The lowest BCUT2D eigenvalue weighted by molar-refractivity contribution is 0.311. The van der Waals surface area contributed by atoms with E-state index in [9.17, 15) is 0 Å². The highest BCUT2D eigenvalue weighted by atomic mass is 79.9. The topological polar surface area (TPSA) is 33.7 Å². The van der Waals surface area contributed by atoms with Gasteiger partial charge in [0.05, 0.1) is 18.7 Å². The molecule has 0 fully saturated rings. The monoisotopic (exact) mass is 330 g/mol. The molecule has 0 saturated heterocycles. The summed E-state index contributed by atoms with van der Waals surface area (Å²) in [6.07, 6.45) is 1.13. The summed E-state index contributed by atoms with van der Waals surface area (Å²) in [4.78, 5) is 2.28. The van der Waals surface area contributed by atoms with Gasteiger partial charge in [-0.3, -0.25) is 0 Å². The summed E-state index contributed by atoms with van der Waals surface area (Å²) in [5.41, 5.74) is 1.13. The number of halogens is 1. The van der Waals surface area contributed by atoms with Crippen LogP contribution in [-0.4, -0.2) is 46.3 Å². The van der Waals surface area contributed by atoms with E-state index in [-0.39, 0.29) is 0 Å². The second-order valence-corrected chi connectivity index (χ2v) is 5.35. The maximum Gasteiger partial charge on any atom is 0.133 e. The fraction of sp³-hybridized carbons (Fsp3) is 0.571. The summed E-state index contributed by atoms with van der Waals surface area (Å²) in [6.45, 7) is 2.92. The molecular formula is C14H23BrN2O2. The number of methoxy groups -OCH3 is 2. The number of nitrogens with one attached hydrogen (secondary N) is 1. The van der Waals surface area contributed by atoms with Gasteiger partial charge >= 0.3 is 0 Å². The van der Waals surface area contributed by atoms with E-state index in [2.05, 4.69) is 33.2 Å². The van der Waals surface area contributed by atoms with E-state index in [0.29, 0.717) is 0 Å². The molecule has 19 heavy (non-hydrogen) atoms. The Morgan fingerprint density at radius 3 is 2.47 bits per heavy atom. The number of benzene rings is 1. The number of ether oxygens (including phenoxy) is 2. The fourth-order valence-corrected chi connectivity index (χ4v) is 2.43. The first-order chi connectivity index (χ1) is 9.12. The Hall–Kier alpha value is -0.780. The number of hydrogen-bond donors (Lipinski definition) is 1. The van der Waals surface area contributed by atoms with E-state index in [4.69, 9.17) is 9.47 Å². The van der Waals surface area contributed by atoms with Crippen LogP contribution >= 0.6 is 15.9 Å². The Bertz CT molecular complexity index is 399. The molecule has 0 aliphatic carbocycles. The van der Waals surface area contributed by atoms with E-state index in [0.717, 1.165) is 47.6 Å². The molecular weight excluding hydrogens is 308 g/mol. The molecule has 0 spiro atoms. The number of nitrogens with zero attached hydrogens (tertiary/aromatic N) is 1. The first-order valence-electron chi connectivity index (χ1n) is 6.36. The predicted molar refractivity (Wildman–Crippen MR) is 82.1 cm³/mol. The maximum atomic E-state index is 5.43. The zero-order valence-electron chi connectivity index (χ0n) is 12.1. The van der Waals surface area contributed by atoms with Crippen molar-refractivity contribution in [2.75, 3.05) is 41.4 Å². The molecule has 0 aliphatic rings. The quantitative estimate of drug-likeness (QED) is 0.742.